The van der Waals surface area contributed by atoms with Crippen LogP contribution in [0.2, 0.25) is 0 Å². The number of methoxy groups -OCH3 is 1. The third-order valence-corrected chi connectivity index (χ3v) is 6.90. The molecule has 4 aliphatic rings. The minimum Gasteiger partial charge on any atom is -0.453 e. The Labute approximate surface area is 138 Å². The molecule has 0 unspecified atom stereocenters. The number of hydrogen-bond donors (Lipinski definition) is 1. The lowest BCUT2D eigenvalue weighted by Crippen LogP contribution is -2.67. The topological polar surface area (TPSA) is 58.6 Å². The van der Waals surface area contributed by atoms with Crippen LogP contribution in [-0.4, -0.2) is 42.6 Å². The summed E-state index contributed by atoms with van der Waals surface area (Å²) in [4.78, 5) is 25.9. The summed E-state index contributed by atoms with van der Waals surface area (Å²) in [6.07, 6.45) is 8.08. The van der Waals surface area contributed by atoms with Crippen molar-refractivity contribution < 1.29 is 14.3 Å². The van der Waals surface area contributed by atoms with Gasteiger partial charge in [0.1, 0.15) is 0 Å². The Morgan fingerprint density at radius 3 is 2.26 bits per heavy atom. The lowest BCUT2D eigenvalue weighted by atomic mass is 9.52. The summed E-state index contributed by atoms with van der Waals surface area (Å²) in [6, 6.07) is 0. The molecule has 0 aromatic carbocycles. The number of amides is 2. The molecule has 4 fully saturated rings. The first kappa shape index (κ1) is 15.3. The van der Waals surface area contributed by atoms with Gasteiger partial charge in [-0.05, 0) is 44.4 Å². The highest BCUT2D eigenvalue weighted by Gasteiger charge is 2.57. The highest BCUT2D eigenvalue weighted by molar-refractivity contribution is 5.82. The Bertz CT molecular complexity index is 508. The first-order valence-corrected chi connectivity index (χ1v) is 9.07. The van der Waals surface area contributed by atoms with Crippen molar-refractivity contribution in [2.75, 3.05) is 20.2 Å². The van der Waals surface area contributed by atoms with Crippen LogP contribution >= 0.6 is 0 Å². The minimum absolute atomic E-state index is 0.0806. The van der Waals surface area contributed by atoms with Crippen molar-refractivity contribution in [3.05, 3.63) is 0 Å². The Hall–Kier alpha value is -1.26. The largest absolute Gasteiger partial charge is 0.453 e. The zero-order chi connectivity index (χ0) is 16.2. The van der Waals surface area contributed by atoms with E-state index in [1.165, 1.54) is 39.2 Å². The fourth-order valence-corrected chi connectivity index (χ4v) is 5.33. The Morgan fingerprint density at radius 2 is 1.74 bits per heavy atom. The average molecular weight is 320 g/mol. The molecule has 0 bridgehead atoms. The number of likely N-dealkylation sites (tertiary alicyclic amines) is 1. The average Bonchev–Trinajstić information content (AvgIpc) is 2.33. The number of nitrogens with one attached hydrogen (secondary N) is 1. The van der Waals surface area contributed by atoms with E-state index in [4.69, 9.17) is 0 Å². The van der Waals surface area contributed by atoms with Crippen LogP contribution in [0.15, 0.2) is 0 Å². The zero-order valence-corrected chi connectivity index (χ0v) is 14.3. The van der Waals surface area contributed by atoms with Crippen LogP contribution in [0.5, 0.6) is 0 Å². The van der Waals surface area contributed by atoms with Crippen LogP contribution < -0.4 is 5.32 Å². The van der Waals surface area contributed by atoms with Gasteiger partial charge in [-0.2, -0.15) is 0 Å². The van der Waals surface area contributed by atoms with Crippen molar-refractivity contribution >= 4 is 12.0 Å². The quantitative estimate of drug-likeness (QED) is 0.869. The maximum atomic E-state index is 12.5. The predicted octanol–water partition coefficient (Wildman–Crippen LogP) is 2.55. The number of ether oxygens (including phenoxy) is 1. The summed E-state index contributed by atoms with van der Waals surface area (Å²) >= 11 is 0. The van der Waals surface area contributed by atoms with Gasteiger partial charge in [0.15, 0.2) is 0 Å². The number of hydrogen-bond acceptors (Lipinski definition) is 3. The van der Waals surface area contributed by atoms with E-state index in [0.29, 0.717) is 11.3 Å². The van der Waals surface area contributed by atoms with Crippen LogP contribution in [0.4, 0.5) is 4.79 Å². The van der Waals surface area contributed by atoms with Gasteiger partial charge in [0.2, 0.25) is 5.91 Å². The van der Waals surface area contributed by atoms with Gasteiger partial charge in [0.25, 0.3) is 0 Å². The summed E-state index contributed by atoms with van der Waals surface area (Å²) in [5, 5.41) is 2.84. The van der Waals surface area contributed by atoms with E-state index in [2.05, 4.69) is 15.0 Å². The van der Waals surface area contributed by atoms with Crippen LogP contribution in [0.3, 0.4) is 0 Å². The molecule has 23 heavy (non-hydrogen) atoms. The molecule has 0 aromatic rings. The maximum absolute atomic E-state index is 12.5. The van der Waals surface area contributed by atoms with Gasteiger partial charge < -0.3 is 15.0 Å². The molecule has 0 aromatic heterocycles. The number of alkyl carbamates (subject to hydrolysis) is 1. The van der Waals surface area contributed by atoms with Gasteiger partial charge in [-0.3, -0.25) is 4.79 Å². The van der Waals surface area contributed by atoms with Gasteiger partial charge in [0.05, 0.1) is 7.11 Å². The fraction of sp³-hybridized carbons (Fsp3) is 0.889. The van der Waals surface area contributed by atoms with Crippen molar-refractivity contribution in [3.63, 3.8) is 0 Å². The van der Waals surface area contributed by atoms with Gasteiger partial charge in [0, 0.05) is 30.0 Å². The lowest BCUT2D eigenvalue weighted by Gasteiger charge is -2.62. The summed E-state index contributed by atoms with van der Waals surface area (Å²) < 4.78 is 4.64. The van der Waals surface area contributed by atoms with E-state index in [1.807, 2.05) is 6.92 Å². The van der Waals surface area contributed by atoms with Crippen molar-refractivity contribution in [1.29, 1.82) is 0 Å². The number of carbonyl (C=O) groups is 2. The highest BCUT2D eigenvalue weighted by atomic mass is 16.5. The first-order valence-electron chi connectivity index (χ1n) is 9.07. The van der Waals surface area contributed by atoms with Crippen molar-refractivity contribution in [1.82, 2.24) is 10.2 Å². The normalized spacial score (nSPS) is 35.6. The van der Waals surface area contributed by atoms with Crippen LogP contribution in [0.1, 0.15) is 51.9 Å². The van der Waals surface area contributed by atoms with E-state index in [0.717, 1.165) is 37.8 Å². The molecular weight excluding hydrogens is 292 g/mol. The molecule has 1 spiro atoms. The van der Waals surface area contributed by atoms with E-state index in [-0.39, 0.29) is 11.5 Å². The third kappa shape index (κ3) is 2.52. The summed E-state index contributed by atoms with van der Waals surface area (Å²) in [6.45, 7) is 3.94. The van der Waals surface area contributed by atoms with E-state index in [9.17, 15) is 9.59 Å². The first-order chi connectivity index (χ1) is 10.9. The minimum atomic E-state index is -0.405. The molecule has 1 aliphatic heterocycles. The lowest BCUT2D eigenvalue weighted by molar-refractivity contribution is -0.168. The van der Waals surface area contributed by atoms with Crippen LogP contribution in [0, 0.1) is 23.2 Å². The Kier molecular flexibility index (Phi) is 3.40. The van der Waals surface area contributed by atoms with E-state index in [1.54, 1.807) is 0 Å². The molecule has 2 amide bonds. The molecular formula is C18H28N2O3. The molecule has 128 valence electrons. The highest BCUT2D eigenvalue weighted by Crippen LogP contribution is 2.58. The second-order valence-corrected chi connectivity index (χ2v) is 8.84. The number of rotatable bonds is 3. The molecule has 5 heteroatoms. The zero-order valence-electron chi connectivity index (χ0n) is 14.3. The van der Waals surface area contributed by atoms with Crippen molar-refractivity contribution in [2.45, 2.75) is 57.4 Å². The summed E-state index contributed by atoms with van der Waals surface area (Å²) in [7, 11) is 1.37. The molecule has 0 radical (unpaired) electrons. The third-order valence-electron chi connectivity index (χ3n) is 6.90. The Balaban J connectivity index is 1.20. The van der Waals surface area contributed by atoms with Crippen molar-refractivity contribution in [2.24, 2.45) is 23.2 Å². The van der Waals surface area contributed by atoms with E-state index < -0.39 is 6.09 Å². The van der Waals surface area contributed by atoms with Gasteiger partial charge >= 0.3 is 6.09 Å². The van der Waals surface area contributed by atoms with Crippen LogP contribution in [0.25, 0.3) is 0 Å². The van der Waals surface area contributed by atoms with Crippen LogP contribution in [-0.2, 0) is 9.53 Å². The second kappa shape index (κ2) is 5.12. The fourth-order valence-electron chi connectivity index (χ4n) is 5.33. The SMILES string of the molecule is COC(=O)N[C@]1(C)C[C@H](C(=O)N2CC3(CC(C4CCC4)C3)C2)C1. The Morgan fingerprint density at radius 1 is 1.09 bits per heavy atom. The molecule has 3 aliphatic carbocycles. The molecule has 3 saturated carbocycles. The van der Waals surface area contributed by atoms with Gasteiger partial charge in [-0.25, -0.2) is 4.79 Å². The van der Waals surface area contributed by atoms with Gasteiger partial charge in [-0.15, -0.1) is 0 Å². The summed E-state index contributed by atoms with van der Waals surface area (Å²) in [5.74, 6) is 2.34. The smallest absolute Gasteiger partial charge is 0.407 e. The number of nitrogens with zero attached hydrogens (tertiary/aromatic N) is 1. The molecule has 4 rings (SSSR count). The monoisotopic (exact) mass is 320 g/mol. The maximum Gasteiger partial charge on any atom is 0.407 e. The second-order valence-electron chi connectivity index (χ2n) is 8.84. The molecule has 0 atom stereocenters. The van der Waals surface area contributed by atoms with Gasteiger partial charge in [-0.1, -0.05) is 19.3 Å². The van der Waals surface area contributed by atoms with E-state index >= 15 is 0 Å². The summed E-state index contributed by atoms with van der Waals surface area (Å²) in [5.41, 5.74) is 0.203. The molecule has 5 nitrogen and oxygen atoms in total. The molecule has 1 saturated heterocycles. The predicted molar refractivity (Wildman–Crippen MR) is 85.7 cm³/mol. The number of carbonyl (C=O) groups excluding carboxylic acids is 2. The molecule has 1 heterocycles. The standard InChI is InChI=1S/C18H28N2O3/c1-17(19-16(22)23-2)6-14(7-17)15(21)20-10-18(11-20)8-13(9-18)12-4-3-5-12/h12-14H,3-11H2,1-2H3,(H,19,22)/t14-,17+. The van der Waals surface area contributed by atoms with Crippen molar-refractivity contribution in [3.8, 4) is 0 Å². The molecule has 1 N–H and O–H groups in total.